The van der Waals surface area contributed by atoms with Gasteiger partial charge in [-0.25, -0.2) is 0 Å². The Hall–Kier alpha value is -1.68. The summed E-state index contributed by atoms with van der Waals surface area (Å²) in [7, 11) is 0. The van der Waals surface area contributed by atoms with Crippen molar-refractivity contribution in [2.24, 2.45) is 0 Å². The zero-order valence-corrected chi connectivity index (χ0v) is 12.8. The van der Waals surface area contributed by atoms with Gasteiger partial charge in [-0.05, 0) is 52.7 Å². The predicted octanol–water partition coefficient (Wildman–Crippen LogP) is 3.51. The van der Waals surface area contributed by atoms with Crippen LogP contribution in [0.4, 0.5) is 5.69 Å². The number of nitrogens with one attached hydrogen (secondary N) is 1. The molecule has 4 nitrogen and oxygen atoms in total. The second kappa shape index (κ2) is 5.37. The van der Waals surface area contributed by atoms with Gasteiger partial charge in [0.15, 0.2) is 11.5 Å². The highest BCUT2D eigenvalue weighted by Gasteiger charge is 2.25. The Morgan fingerprint density at radius 3 is 2.45 bits per heavy atom. The van der Waals surface area contributed by atoms with Crippen molar-refractivity contribution >= 4 is 11.3 Å². The SMILES string of the molecule is CC1=C(C)c2c(ccc(CCO)c2NC(C)(C)C)OO1. The first kappa shape index (κ1) is 14.7. The first-order valence-electron chi connectivity index (χ1n) is 6.91. The fourth-order valence-electron chi connectivity index (χ4n) is 2.26. The summed E-state index contributed by atoms with van der Waals surface area (Å²) >= 11 is 0. The van der Waals surface area contributed by atoms with Gasteiger partial charge in [0.05, 0.1) is 5.56 Å². The molecule has 0 aliphatic carbocycles. The fraction of sp³-hybridized carbons (Fsp3) is 0.500. The molecule has 2 rings (SSSR count). The fourth-order valence-corrected chi connectivity index (χ4v) is 2.26. The van der Waals surface area contributed by atoms with E-state index < -0.39 is 0 Å². The molecule has 4 heteroatoms. The highest BCUT2D eigenvalue weighted by atomic mass is 17.2. The van der Waals surface area contributed by atoms with Crippen LogP contribution in [0.25, 0.3) is 5.57 Å². The van der Waals surface area contributed by atoms with Crippen LogP contribution >= 0.6 is 0 Å². The summed E-state index contributed by atoms with van der Waals surface area (Å²) in [6.07, 6.45) is 0.610. The van der Waals surface area contributed by atoms with E-state index in [1.54, 1.807) is 0 Å². The van der Waals surface area contributed by atoms with Crippen LogP contribution in [0, 0.1) is 0 Å². The minimum atomic E-state index is -0.0776. The van der Waals surface area contributed by atoms with Crippen LogP contribution in [-0.2, 0) is 11.3 Å². The lowest BCUT2D eigenvalue weighted by Gasteiger charge is -2.29. The average Bonchev–Trinajstić information content (AvgIpc) is 2.35. The molecule has 1 aliphatic heterocycles. The lowest BCUT2D eigenvalue weighted by molar-refractivity contribution is -0.168. The predicted molar refractivity (Wildman–Crippen MR) is 80.6 cm³/mol. The van der Waals surface area contributed by atoms with Gasteiger partial charge in [-0.3, -0.25) is 9.78 Å². The standard InChI is InChI=1S/C16H23NO3/c1-10-11(2)19-20-13-7-6-12(8-9-18)15(14(10)13)17-16(3,4)5/h6-7,17-18H,8-9H2,1-5H3. The minimum absolute atomic E-state index is 0.0776. The smallest absolute Gasteiger partial charge is 0.188 e. The number of fused-ring (bicyclic) bond motifs is 1. The average molecular weight is 277 g/mol. The van der Waals surface area contributed by atoms with E-state index in [0.717, 1.165) is 28.1 Å². The van der Waals surface area contributed by atoms with Gasteiger partial charge in [-0.2, -0.15) is 0 Å². The second-order valence-electron chi connectivity index (χ2n) is 6.17. The van der Waals surface area contributed by atoms with Crippen molar-refractivity contribution in [2.75, 3.05) is 11.9 Å². The Morgan fingerprint density at radius 1 is 1.15 bits per heavy atom. The molecule has 20 heavy (non-hydrogen) atoms. The lowest BCUT2D eigenvalue weighted by atomic mass is 9.95. The summed E-state index contributed by atoms with van der Waals surface area (Å²) < 4.78 is 0. The first-order valence-corrected chi connectivity index (χ1v) is 6.91. The molecule has 1 heterocycles. The van der Waals surface area contributed by atoms with Crippen LogP contribution < -0.4 is 10.2 Å². The highest BCUT2D eigenvalue weighted by Crippen LogP contribution is 2.41. The Balaban J connectivity index is 2.61. The van der Waals surface area contributed by atoms with Crippen molar-refractivity contribution < 1.29 is 14.9 Å². The van der Waals surface area contributed by atoms with Gasteiger partial charge in [0.25, 0.3) is 0 Å². The summed E-state index contributed by atoms with van der Waals surface area (Å²) in [5.74, 6) is 1.47. The van der Waals surface area contributed by atoms with E-state index in [0.29, 0.717) is 12.2 Å². The van der Waals surface area contributed by atoms with Gasteiger partial charge in [0, 0.05) is 23.4 Å². The molecule has 0 atom stereocenters. The Bertz CT molecular complexity index is 541. The molecule has 0 aromatic heterocycles. The van der Waals surface area contributed by atoms with Crippen LogP contribution in [0.3, 0.4) is 0 Å². The monoisotopic (exact) mass is 277 g/mol. The lowest BCUT2D eigenvalue weighted by Crippen LogP contribution is -2.28. The van der Waals surface area contributed by atoms with Crippen LogP contribution in [0.1, 0.15) is 45.7 Å². The van der Waals surface area contributed by atoms with Gasteiger partial charge in [0.1, 0.15) is 0 Å². The molecule has 0 amide bonds. The first-order chi connectivity index (χ1) is 9.33. The number of aliphatic hydroxyl groups is 1. The van der Waals surface area contributed by atoms with E-state index in [-0.39, 0.29) is 12.1 Å². The summed E-state index contributed by atoms with van der Waals surface area (Å²) in [4.78, 5) is 10.5. The van der Waals surface area contributed by atoms with Crippen molar-refractivity contribution in [1.82, 2.24) is 0 Å². The molecule has 0 fully saturated rings. The maximum atomic E-state index is 9.27. The van der Waals surface area contributed by atoms with Crippen LogP contribution in [-0.4, -0.2) is 17.3 Å². The Kier molecular flexibility index (Phi) is 3.95. The number of allylic oxidation sites excluding steroid dienone is 2. The number of benzene rings is 1. The number of hydrogen-bond donors (Lipinski definition) is 2. The summed E-state index contributed by atoms with van der Waals surface area (Å²) in [6, 6.07) is 3.87. The van der Waals surface area contributed by atoms with Crippen molar-refractivity contribution in [3.63, 3.8) is 0 Å². The van der Waals surface area contributed by atoms with E-state index >= 15 is 0 Å². The highest BCUT2D eigenvalue weighted by molar-refractivity contribution is 5.83. The Morgan fingerprint density at radius 2 is 1.85 bits per heavy atom. The number of hydrogen-bond acceptors (Lipinski definition) is 4. The summed E-state index contributed by atoms with van der Waals surface area (Å²) in [6.45, 7) is 10.4. The normalized spacial score (nSPS) is 14.5. The van der Waals surface area contributed by atoms with E-state index in [1.807, 2.05) is 26.0 Å². The number of anilines is 1. The molecule has 1 aromatic rings. The molecule has 110 valence electrons. The van der Waals surface area contributed by atoms with Gasteiger partial charge in [-0.1, -0.05) is 6.07 Å². The van der Waals surface area contributed by atoms with Gasteiger partial charge < -0.3 is 10.4 Å². The zero-order valence-electron chi connectivity index (χ0n) is 12.8. The Labute approximate surface area is 120 Å². The zero-order chi connectivity index (χ0) is 14.9. The molecule has 2 N–H and O–H groups in total. The summed E-state index contributed by atoms with van der Waals surface area (Å²) in [5.41, 5.74) is 4.10. The van der Waals surface area contributed by atoms with E-state index in [4.69, 9.17) is 9.78 Å². The molecule has 1 aliphatic rings. The molecule has 0 bridgehead atoms. The van der Waals surface area contributed by atoms with Crippen LogP contribution in [0.15, 0.2) is 17.9 Å². The largest absolute Gasteiger partial charge is 0.396 e. The quantitative estimate of drug-likeness (QED) is 0.830. The van der Waals surface area contributed by atoms with Crippen molar-refractivity contribution in [3.05, 3.63) is 29.0 Å². The minimum Gasteiger partial charge on any atom is -0.396 e. The topological polar surface area (TPSA) is 50.7 Å². The molecule has 0 unspecified atom stereocenters. The maximum absolute atomic E-state index is 9.27. The third-order valence-electron chi connectivity index (χ3n) is 3.29. The van der Waals surface area contributed by atoms with Crippen molar-refractivity contribution in [1.29, 1.82) is 0 Å². The van der Waals surface area contributed by atoms with E-state index in [2.05, 4.69) is 26.1 Å². The van der Waals surface area contributed by atoms with Crippen molar-refractivity contribution in [2.45, 2.75) is 46.6 Å². The van der Waals surface area contributed by atoms with Crippen LogP contribution in [0.5, 0.6) is 5.75 Å². The maximum Gasteiger partial charge on any atom is 0.188 e. The van der Waals surface area contributed by atoms with E-state index in [9.17, 15) is 5.11 Å². The van der Waals surface area contributed by atoms with Gasteiger partial charge in [0.2, 0.25) is 0 Å². The molecule has 0 saturated carbocycles. The molecular formula is C16H23NO3. The molecule has 0 saturated heterocycles. The molecular weight excluding hydrogens is 254 g/mol. The summed E-state index contributed by atoms with van der Waals surface area (Å²) in [5, 5.41) is 12.8. The van der Waals surface area contributed by atoms with E-state index in [1.165, 1.54) is 0 Å². The number of aliphatic hydroxyl groups excluding tert-OH is 1. The second-order valence-corrected chi connectivity index (χ2v) is 6.17. The third-order valence-corrected chi connectivity index (χ3v) is 3.29. The molecule has 0 spiro atoms. The van der Waals surface area contributed by atoms with Gasteiger partial charge >= 0.3 is 0 Å². The van der Waals surface area contributed by atoms with Crippen molar-refractivity contribution in [3.8, 4) is 5.75 Å². The number of rotatable bonds is 3. The van der Waals surface area contributed by atoms with Crippen LogP contribution in [0.2, 0.25) is 0 Å². The molecule has 0 radical (unpaired) electrons. The molecule has 1 aromatic carbocycles. The third kappa shape index (κ3) is 2.90. The van der Waals surface area contributed by atoms with Gasteiger partial charge in [-0.15, -0.1) is 0 Å².